The van der Waals surface area contributed by atoms with Gasteiger partial charge in [0.1, 0.15) is 0 Å². The van der Waals surface area contributed by atoms with Gasteiger partial charge in [0, 0.05) is 19.8 Å². The number of anilines is 1. The summed E-state index contributed by atoms with van der Waals surface area (Å²) in [6, 6.07) is 16.3. The molecule has 1 aliphatic heterocycles. The number of benzene rings is 2. The van der Waals surface area contributed by atoms with Crippen LogP contribution in [0.5, 0.6) is 0 Å². The van der Waals surface area contributed by atoms with Gasteiger partial charge in [-0.25, -0.2) is 0 Å². The molecule has 158 valence electrons. The number of nitrogens with zero attached hydrogens (tertiary/aromatic N) is 4. The van der Waals surface area contributed by atoms with Gasteiger partial charge in [-0.15, -0.1) is 5.10 Å². The number of carbonyl (C=O) groups is 1. The molecule has 1 fully saturated rings. The predicted octanol–water partition coefficient (Wildman–Crippen LogP) is 5.09. The molecular weight excluding hydrogens is 392 g/mol. The molecule has 0 aliphatic carbocycles. The summed E-state index contributed by atoms with van der Waals surface area (Å²) in [4.78, 5) is 16.9. The summed E-state index contributed by atoms with van der Waals surface area (Å²) in [6.45, 7) is 4.76. The Kier molecular flexibility index (Phi) is 7.69. The van der Waals surface area contributed by atoms with Gasteiger partial charge in [0.15, 0.2) is 5.17 Å². The average Bonchev–Trinajstić information content (AvgIpc) is 3.03. The van der Waals surface area contributed by atoms with Crippen LogP contribution in [-0.4, -0.2) is 41.5 Å². The van der Waals surface area contributed by atoms with Crippen LogP contribution in [0.4, 0.5) is 5.69 Å². The lowest BCUT2D eigenvalue weighted by Gasteiger charge is -2.17. The minimum absolute atomic E-state index is 0.0673. The van der Waals surface area contributed by atoms with Crippen LogP contribution >= 0.6 is 11.8 Å². The van der Waals surface area contributed by atoms with Gasteiger partial charge < -0.3 is 4.90 Å². The van der Waals surface area contributed by atoms with Crippen molar-refractivity contribution in [1.82, 2.24) is 4.90 Å². The Morgan fingerprint density at radius 3 is 2.53 bits per heavy atom. The quantitative estimate of drug-likeness (QED) is 0.440. The Morgan fingerprint density at radius 1 is 1.13 bits per heavy atom. The fourth-order valence-electron chi connectivity index (χ4n) is 3.27. The van der Waals surface area contributed by atoms with E-state index in [1.165, 1.54) is 17.3 Å². The van der Waals surface area contributed by atoms with E-state index in [-0.39, 0.29) is 11.2 Å². The Hall–Kier alpha value is -2.60. The fourth-order valence-corrected chi connectivity index (χ4v) is 4.41. The number of hydrogen-bond donors (Lipinski definition) is 0. The number of amidine groups is 1. The van der Waals surface area contributed by atoms with Gasteiger partial charge in [0.05, 0.1) is 18.0 Å². The monoisotopic (exact) mass is 422 g/mol. The number of rotatable bonds is 8. The van der Waals surface area contributed by atoms with Crippen molar-refractivity contribution in [1.29, 1.82) is 0 Å². The van der Waals surface area contributed by atoms with Crippen LogP contribution in [0.1, 0.15) is 42.9 Å². The van der Waals surface area contributed by atoms with E-state index in [2.05, 4.69) is 41.1 Å². The maximum atomic E-state index is 13.0. The van der Waals surface area contributed by atoms with Crippen molar-refractivity contribution in [3.05, 3.63) is 65.2 Å². The summed E-state index contributed by atoms with van der Waals surface area (Å²) >= 11 is 1.54. The SMILES string of the molecule is CCCC[C@@H]1S/C(=N/N=C\c2ccc(N(C)C)cc2)N(Cc2ccccc2C)C1=O. The smallest absolute Gasteiger partial charge is 0.242 e. The van der Waals surface area contributed by atoms with E-state index in [9.17, 15) is 4.79 Å². The zero-order chi connectivity index (χ0) is 21.5. The highest BCUT2D eigenvalue weighted by atomic mass is 32.2. The van der Waals surface area contributed by atoms with E-state index in [0.29, 0.717) is 11.7 Å². The number of aryl methyl sites for hydroxylation is 1. The van der Waals surface area contributed by atoms with Gasteiger partial charge >= 0.3 is 0 Å². The van der Waals surface area contributed by atoms with Gasteiger partial charge in [-0.05, 0) is 42.2 Å². The first kappa shape index (κ1) is 22.1. The lowest BCUT2D eigenvalue weighted by atomic mass is 10.1. The first-order chi connectivity index (χ1) is 14.5. The van der Waals surface area contributed by atoms with Gasteiger partial charge in [0.25, 0.3) is 0 Å². The van der Waals surface area contributed by atoms with E-state index < -0.39 is 0 Å². The molecule has 1 aliphatic rings. The van der Waals surface area contributed by atoms with E-state index >= 15 is 0 Å². The van der Waals surface area contributed by atoms with Crippen LogP contribution in [0.3, 0.4) is 0 Å². The molecule has 0 spiro atoms. The summed E-state index contributed by atoms with van der Waals surface area (Å²) in [6.07, 6.45) is 4.73. The second-order valence-electron chi connectivity index (χ2n) is 7.71. The first-order valence-electron chi connectivity index (χ1n) is 10.4. The lowest BCUT2D eigenvalue weighted by Crippen LogP contribution is -2.31. The van der Waals surface area contributed by atoms with Crippen molar-refractivity contribution >= 4 is 34.7 Å². The maximum absolute atomic E-state index is 13.0. The molecule has 2 aromatic carbocycles. The van der Waals surface area contributed by atoms with Crippen LogP contribution in [-0.2, 0) is 11.3 Å². The minimum atomic E-state index is -0.0673. The molecule has 1 amide bonds. The third-order valence-corrected chi connectivity index (χ3v) is 6.42. The molecule has 6 heteroatoms. The second-order valence-corrected chi connectivity index (χ2v) is 8.88. The fraction of sp³-hybridized carbons (Fsp3) is 0.375. The first-order valence-corrected chi connectivity index (χ1v) is 11.3. The van der Waals surface area contributed by atoms with Crippen molar-refractivity contribution in [3.63, 3.8) is 0 Å². The van der Waals surface area contributed by atoms with Crippen molar-refractivity contribution in [2.45, 2.75) is 44.9 Å². The van der Waals surface area contributed by atoms with Crippen molar-refractivity contribution in [3.8, 4) is 0 Å². The molecule has 0 unspecified atom stereocenters. The predicted molar refractivity (Wildman–Crippen MR) is 128 cm³/mol. The van der Waals surface area contributed by atoms with E-state index in [1.54, 1.807) is 11.1 Å². The zero-order valence-electron chi connectivity index (χ0n) is 18.2. The van der Waals surface area contributed by atoms with Crippen LogP contribution in [0, 0.1) is 6.92 Å². The average molecular weight is 423 g/mol. The summed E-state index contributed by atoms with van der Waals surface area (Å²) in [5.41, 5.74) is 4.43. The molecule has 1 saturated heterocycles. The number of unbranched alkanes of at least 4 members (excludes halogenated alkanes) is 1. The largest absolute Gasteiger partial charge is 0.378 e. The van der Waals surface area contributed by atoms with E-state index in [1.807, 2.05) is 50.5 Å². The highest BCUT2D eigenvalue weighted by Gasteiger charge is 2.37. The molecular formula is C24H30N4OS. The lowest BCUT2D eigenvalue weighted by molar-refractivity contribution is -0.126. The van der Waals surface area contributed by atoms with Crippen LogP contribution in [0.2, 0.25) is 0 Å². The van der Waals surface area contributed by atoms with Crippen molar-refractivity contribution in [2.24, 2.45) is 10.2 Å². The summed E-state index contributed by atoms with van der Waals surface area (Å²) in [7, 11) is 4.03. The molecule has 2 aromatic rings. The summed E-state index contributed by atoms with van der Waals surface area (Å²) in [5.74, 6) is 0.140. The highest BCUT2D eigenvalue weighted by molar-refractivity contribution is 8.15. The van der Waals surface area contributed by atoms with Crippen LogP contribution < -0.4 is 4.90 Å². The third-order valence-electron chi connectivity index (χ3n) is 5.19. The van der Waals surface area contributed by atoms with Gasteiger partial charge in [-0.3, -0.25) is 9.69 Å². The molecule has 5 nitrogen and oxygen atoms in total. The van der Waals surface area contributed by atoms with Gasteiger partial charge in [0.2, 0.25) is 5.91 Å². The van der Waals surface area contributed by atoms with Crippen LogP contribution in [0.25, 0.3) is 0 Å². The standard InChI is InChI=1S/C24H30N4OS/c1-5-6-11-22-23(29)28(17-20-10-8-7-9-18(20)2)24(30-22)26-25-16-19-12-14-21(15-13-19)27(3)4/h7-10,12-16,22H,5-6,11,17H2,1-4H3/b25-16-,26-24+/t22-/m0/s1. The number of thioether (sulfide) groups is 1. The molecule has 1 atom stereocenters. The zero-order valence-corrected chi connectivity index (χ0v) is 19.0. The van der Waals surface area contributed by atoms with Crippen LogP contribution in [0.15, 0.2) is 58.7 Å². The molecule has 1 heterocycles. The van der Waals surface area contributed by atoms with E-state index in [4.69, 9.17) is 0 Å². The molecule has 3 rings (SSSR count). The molecule has 0 bridgehead atoms. The molecule has 0 saturated carbocycles. The van der Waals surface area contributed by atoms with Crippen molar-refractivity contribution < 1.29 is 4.79 Å². The summed E-state index contributed by atoms with van der Waals surface area (Å²) in [5, 5.41) is 9.35. The Labute approximate surface area is 183 Å². The Morgan fingerprint density at radius 2 is 1.87 bits per heavy atom. The number of amides is 1. The maximum Gasteiger partial charge on any atom is 0.242 e. The molecule has 0 aromatic heterocycles. The Bertz CT molecular complexity index is 921. The molecule has 0 radical (unpaired) electrons. The number of carbonyl (C=O) groups excluding carboxylic acids is 1. The highest BCUT2D eigenvalue weighted by Crippen LogP contribution is 2.32. The topological polar surface area (TPSA) is 48.3 Å². The molecule has 0 N–H and O–H groups in total. The second kappa shape index (κ2) is 10.4. The van der Waals surface area contributed by atoms with E-state index in [0.717, 1.165) is 36.1 Å². The normalized spacial score (nSPS) is 18.0. The van der Waals surface area contributed by atoms with Crippen molar-refractivity contribution in [2.75, 3.05) is 19.0 Å². The molecule has 30 heavy (non-hydrogen) atoms. The number of hydrogen-bond acceptors (Lipinski definition) is 5. The minimum Gasteiger partial charge on any atom is -0.378 e. The third kappa shape index (κ3) is 5.51. The summed E-state index contributed by atoms with van der Waals surface area (Å²) < 4.78 is 0. The van der Waals surface area contributed by atoms with Gasteiger partial charge in [-0.2, -0.15) is 5.10 Å². The Balaban J connectivity index is 1.79. The van der Waals surface area contributed by atoms with Gasteiger partial charge in [-0.1, -0.05) is 67.9 Å².